The van der Waals surface area contributed by atoms with Crippen LogP contribution in [0.15, 0.2) is 42.5 Å². The number of aryl methyl sites for hydroxylation is 2. The standard InChI is InChI=1S/C18H23NO/c1-13-7-8-18(9-14(13)2)15(3)19-11-16-5-4-6-17(10-16)12-20/h4-10,15,19-20H,11-12H2,1-3H3. The molecule has 2 nitrogen and oxygen atoms in total. The van der Waals surface area contributed by atoms with Crippen molar-refractivity contribution in [2.75, 3.05) is 0 Å². The van der Waals surface area contributed by atoms with Crippen molar-refractivity contribution in [3.63, 3.8) is 0 Å². The van der Waals surface area contributed by atoms with Crippen molar-refractivity contribution >= 4 is 0 Å². The van der Waals surface area contributed by atoms with E-state index in [1.165, 1.54) is 22.3 Å². The molecule has 0 aromatic heterocycles. The maximum absolute atomic E-state index is 9.15. The summed E-state index contributed by atoms with van der Waals surface area (Å²) in [5.74, 6) is 0. The summed E-state index contributed by atoms with van der Waals surface area (Å²) < 4.78 is 0. The number of nitrogens with one attached hydrogen (secondary N) is 1. The highest BCUT2D eigenvalue weighted by Crippen LogP contribution is 2.17. The van der Waals surface area contributed by atoms with Gasteiger partial charge >= 0.3 is 0 Å². The summed E-state index contributed by atoms with van der Waals surface area (Å²) >= 11 is 0. The van der Waals surface area contributed by atoms with Crippen LogP contribution in [0.25, 0.3) is 0 Å². The van der Waals surface area contributed by atoms with Crippen LogP contribution in [0.2, 0.25) is 0 Å². The van der Waals surface area contributed by atoms with E-state index in [-0.39, 0.29) is 6.61 Å². The Morgan fingerprint density at radius 1 is 1.00 bits per heavy atom. The van der Waals surface area contributed by atoms with E-state index in [1.54, 1.807) is 0 Å². The molecule has 2 heteroatoms. The van der Waals surface area contributed by atoms with Crippen LogP contribution < -0.4 is 5.32 Å². The zero-order valence-corrected chi connectivity index (χ0v) is 12.5. The summed E-state index contributed by atoms with van der Waals surface area (Å²) in [4.78, 5) is 0. The Labute approximate surface area is 121 Å². The van der Waals surface area contributed by atoms with E-state index < -0.39 is 0 Å². The summed E-state index contributed by atoms with van der Waals surface area (Å²) in [6.07, 6.45) is 0. The second kappa shape index (κ2) is 6.69. The molecule has 0 saturated heterocycles. The fourth-order valence-corrected chi connectivity index (χ4v) is 2.26. The summed E-state index contributed by atoms with van der Waals surface area (Å²) in [5.41, 5.74) is 6.14. The number of aliphatic hydroxyl groups excluding tert-OH is 1. The molecular weight excluding hydrogens is 246 g/mol. The third kappa shape index (κ3) is 3.69. The van der Waals surface area contributed by atoms with E-state index in [9.17, 15) is 0 Å². The molecule has 0 aliphatic rings. The van der Waals surface area contributed by atoms with E-state index >= 15 is 0 Å². The summed E-state index contributed by atoms with van der Waals surface area (Å²) in [6.45, 7) is 7.37. The molecular formula is C18H23NO. The highest BCUT2D eigenvalue weighted by molar-refractivity contribution is 5.31. The van der Waals surface area contributed by atoms with Crippen LogP contribution >= 0.6 is 0 Å². The molecule has 0 amide bonds. The SMILES string of the molecule is Cc1ccc(C(C)NCc2cccc(CO)c2)cc1C. The van der Waals surface area contributed by atoms with Gasteiger partial charge in [-0.3, -0.25) is 0 Å². The number of aliphatic hydroxyl groups is 1. The lowest BCUT2D eigenvalue weighted by Crippen LogP contribution is -2.18. The molecule has 2 N–H and O–H groups in total. The van der Waals surface area contributed by atoms with Crippen LogP contribution in [0, 0.1) is 13.8 Å². The van der Waals surface area contributed by atoms with E-state index in [2.05, 4.69) is 50.4 Å². The smallest absolute Gasteiger partial charge is 0.0681 e. The number of hydrogen-bond donors (Lipinski definition) is 2. The van der Waals surface area contributed by atoms with E-state index in [1.807, 2.05) is 18.2 Å². The number of rotatable bonds is 5. The van der Waals surface area contributed by atoms with Gasteiger partial charge in [0.2, 0.25) is 0 Å². The Morgan fingerprint density at radius 2 is 1.75 bits per heavy atom. The van der Waals surface area contributed by atoms with Crippen molar-refractivity contribution in [3.8, 4) is 0 Å². The highest BCUT2D eigenvalue weighted by atomic mass is 16.3. The maximum atomic E-state index is 9.15. The summed E-state index contributed by atoms with van der Waals surface area (Å²) in [6, 6.07) is 15.0. The molecule has 0 saturated carbocycles. The molecule has 106 valence electrons. The predicted octanol–water partition coefficient (Wildman–Crippen LogP) is 3.65. The minimum atomic E-state index is 0.0978. The van der Waals surface area contributed by atoms with Gasteiger partial charge in [0.15, 0.2) is 0 Å². The van der Waals surface area contributed by atoms with Gasteiger partial charge in [-0.2, -0.15) is 0 Å². The fraction of sp³-hybridized carbons (Fsp3) is 0.333. The first-order chi connectivity index (χ1) is 9.60. The molecule has 2 aromatic carbocycles. The number of benzene rings is 2. The van der Waals surface area contributed by atoms with Gasteiger partial charge in [0.25, 0.3) is 0 Å². The van der Waals surface area contributed by atoms with Crippen LogP contribution in [0.3, 0.4) is 0 Å². The van der Waals surface area contributed by atoms with Gasteiger partial charge in [-0.1, -0.05) is 42.5 Å². The molecule has 0 aliphatic carbocycles. The predicted molar refractivity (Wildman–Crippen MR) is 83.5 cm³/mol. The molecule has 1 unspecified atom stereocenters. The largest absolute Gasteiger partial charge is 0.392 e. The molecule has 0 aliphatic heterocycles. The topological polar surface area (TPSA) is 32.3 Å². The average molecular weight is 269 g/mol. The van der Waals surface area contributed by atoms with Crippen molar-refractivity contribution in [2.45, 2.75) is 40.0 Å². The third-order valence-electron chi connectivity index (χ3n) is 3.82. The normalized spacial score (nSPS) is 12.4. The van der Waals surface area contributed by atoms with Crippen molar-refractivity contribution in [3.05, 3.63) is 70.3 Å². The Balaban J connectivity index is 2.00. The lowest BCUT2D eigenvalue weighted by atomic mass is 10.0. The fourth-order valence-electron chi connectivity index (χ4n) is 2.26. The van der Waals surface area contributed by atoms with Gasteiger partial charge in [-0.15, -0.1) is 0 Å². The molecule has 0 heterocycles. The monoisotopic (exact) mass is 269 g/mol. The first-order valence-electron chi connectivity index (χ1n) is 7.09. The minimum Gasteiger partial charge on any atom is -0.392 e. The van der Waals surface area contributed by atoms with E-state index in [0.29, 0.717) is 6.04 Å². The van der Waals surface area contributed by atoms with E-state index in [0.717, 1.165) is 12.1 Å². The minimum absolute atomic E-state index is 0.0978. The zero-order chi connectivity index (χ0) is 14.5. The van der Waals surface area contributed by atoms with Crippen molar-refractivity contribution in [2.24, 2.45) is 0 Å². The van der Waals surface area contributed by atoms with Crippen LogP contribution in [-0.4, -0.2) is 5.11 Å². The Morgan fingerprint density at radius 3 is 2.45 bits per heavy atom. The molecule has 0 radical (unpaired) electrons. The molecule has 2 aromatic rings. The van der Waals surface area contributed by atoms with Gasteiger partial charge in [0.05, 0.1) is 6.61 Å². The Kier molecular flexibility index (Phi) is 4.94. The van der Waals surface area contributed by atoms with Gasteiger partial charge in [0, 0.05) is 12.6 Å². The maximum Gasteiger partial charge on any atom is 0.0681 e. The lowest BCUT2D eigenvalue weighted by molar-refractivity contribution is 0.281. The third-order valence-corrected chi connectivity index (χ3v) is 3.82. The molecule has 2 rings (SSSR count). The molecule has 20 heavy (non-hydrogen) atoms. The molecule has 0 fully saturated rings. The molecule has 0 spiro atoms. The van der Waals surface area contributed by atoms with Crippen molar-refractivity contribution < 1.29 is 5.11 Å². The first kappa shape index (κ1) is 14.8. The lowest BCUT2D eigenvalue weighted by Gasteiger charge is -2.16. The van der Waals surface area contributed by atoms with Crippen molar-refractivity contribution in [1.29, 1.82) is 0 Å². The first-order valence-corrected chi connectivity index (χ1v) is 7.09. The Hall–Kier alpha value is -1.64. The Bertz CT molecular complexity index is 577. The van der Waals surface area contributed by atoms with Crippen molar-refractivity contribution in [1.82, 2.24) is 5.32 Å². The van der Waals surface area contributed by atoms with Crippen LogP contribution in [0.5, 0.6) is 0 Å². The average Bonchev–Trinajstić information content (AvgIpc) is 2.47. The summed E-state index contributed by atoms with van der Waals surface area (Å²) in [5, 5.41) is 12.7. The van der Waals surface area contributed by atoms with Crippen LogP contribution in [0.4, 0.5) is 0 Å². The van der Waals surface area contributed by atoms with Gasteiger partial charge < -0.3 is 10.4 Å². The van der Waals surface area contributed by atoms with Gasteiger partial charge in [-0.05, 0) is 48.6 Å². The summed E-state index contributed by atoms with van der Waals surface area (Å²) in [7, 11) is 0. The van der Waals surface area contributed by atoms with Gasteiger partial charge in [0.1, 0.15) is 0 Å². The van der Waals surface area contributed by atoms with Crippen LogP contribution in [-0.2, 0) is 13.2 Å². The second-order valence-corrected chi connectivity index (χ2v) is 5.42. The second-order valence-electron chi connectivity index (χ2n) is 5.42. The van der Waals surface area contributed by atoms with E-state index in [4.69, 9.17) is 5.11 Å². The zero-order valence-electron chi connectivity index (χ0n) is 12.5. The molecule has 1 atom stereocenters. The highest BCUT2D eigenvalue weighted by Gasteiger charge is 2.06. The number of hydrogen-bond acceptors (Lipinski definition) is 2. The van der Waals surface area contributed by atoms with Gasteiger partial charge in [-0.25, -0.2) is 0 Å². The van der Waals surface area contributed by atoms with Crippen LogP contribution in [0.1, 0.15) is 40.8 Å². The quantitative estimate of drug-likeness (QED) is 0.868. The molecule has 0 bridgehead atoms.